The van der Waals surface area contributed by atoms with E-state index >= 15 is 0 Å². The van der Waals surface area contributed by atoms with E-state index in [1.165, 1.54) is 0 Å². The molecule has 0 rings (SSSR count). The molecule has 0 bridgehead atoms. The number of rotatable bonds is 4. The topological polar surface area (TPSA) is 58.2 Å². The Kier molecular flexibility index (Phi) is 4.09. The fourth-order valence-corrected chi connectivity index (χ4v) is 1.97. The maximum atomic E-state index is 11.3. The van der Waals surface area contributed by atoms with Crippen molar-refractivity contribution in [3.8, 4) is 0 Å². The van der Waals surface area contributed by atoms with E-state index < -0.39 is 15.7 Å². The van der Waals surface area contributed by atoms with Crippen molar-refractivity contribution < 1.29 is 8.42 Å². The quantitative estimate of drug-likeness (QED) is 0.668. The first kappa shape index (κ1) is 12.6. The third-order valence-corrected chi connectivity index (χ3v) is 2.41. The molecule has 0 fully saturated rings. The van der Waals surface area contributed by atoms with Crippen LogP contribution in [-0.4, -0.2) is 20.5 Å². The molecule has 0 aliphatic carbocycles. The number of nitrogens with one attached hydrogen (secondary N) is 2. The molecule has 0 aromatic heterocycles. The van der Waals surface area contributed by atoms with Gasteiger partial charge in [-0.1, -0.05) is 12.2 Å². The molecule has 0 aromatic carbocycles. The maximum absolute atomic E-state index is 11.3. The predicted octanol–water partition coefficient (Wildman–Crippen LogP) is 0.785. The van der Waals surface area contributed by atoms with Crippen LogP contribution in [0.4, 0.5) is 0 Å². The Balaban J connectivity index is 4.19. The molecule has 4 nitrogen and oxygen atoms in total. The summed E-state index contributed by atoms with van der Waals surface area (Å²) in [4.78, 5) is 0. The van der Waals surface area contributed by atoms with Crippen molar-refractivity contribution in [1.82, 2.24) is 9.44 Å². The van der Waals surface area contributed by atoms with Gasteiger partial charge in [0, 0.05) is 12.1 Å². The second-order valence-electron chi connectivity index (χ2n) is 4.13. The average molecular weight is 206 g/mol. The molecule has 5 heteroatoms. The number of hydrogen-bond acceptors (Lipinski definition) is 2. The van der Waals surface area contributed by atoms with Gasteiger partial charge in [0.1, 0.15) is 0 Å². The molecule has 0 atom stereocenters. The Hall–Kier alpha value is -0.390. The van der Waals surface area contributed by atoms with Gasteiger partial charge >= 0.3 is 0 Å². The smallest absolute Gasteiger partial charge is 0.198 e. The van der Waals surface area contributed by atoms with E-state index in [2.05, 4.69) is 16.0 Å². The van der Waals surface area contributed by atoms with Crippen LogP contribution in [0, 0.1) is 0 Å². The van der Waals surface area contributed by atoms with Crippen LogP contribution in [0.3, 0.4) is 0 Å². The van der Waals surface area contributed by atoms with Gasteiger partial charge in [-0.25, -0.2) is 0 Å². The van der Waals surface area contributed by atoms with E-state index in [9.17, 15) is 8.42 Å². The zero-order valence-corrected chi connectivity index (χ0v) is 9.46. The highest BCUT2D eigenvalue weighted by Crippen LogP contribution is 2.00. The van der Waals surface area contributed by atoms with Crippen molar-refractivity contribution in [1.29, 1.82) is 0 Å². The Morgan fingerprint density at radius 3 is 2.15 bits per heavy atom. The Labute approximate surface area is 80.6 Å². The molecular weight excluding hydrogens is 188 g/mol. The van der Waals surface area contributed by atoms with Gasteiger partial charge in [0.2, 0.25) is 0 Å². The molecule has 13 heavy (non-hydrogen) atoms. The third-order valence-electron chi connectivity index (χ3n) is 1.00. The first-order valence-corrected chi connectivity index (χ1v) is 5.54. The molecule has 0 saturated carbocycles. The van der Waals surface area contributed by atoms with Crippen molar-refractivity contribution in [2.45, 2.75) is 33.2 Å². The molecular formula is C8H18N2O2S. The Morgan fingerprint density at radius 1 is 1.38 bits per heavy atom. The largest absolute Gasteiger partial charge is 0.277 e. The third kappa shape index (κ3) is 7.95. The van der Waals surface area contributed by atoms with E-state index in [4.69, 9.17) is 0 Å². The van der Waals surface area contributed by atoms with Crippen molar-refractivity contribution in [2.75, 3.05) is 6.54 Å². The highest BCUT2D eigenvalue weighted by molar-refractivity contribution is 7.87. The summed E-state index contributed by atoms with van der Waals surface area (Å²) in [5, 5.41) is 0. The van der Waals surface area contributed by atoms with Gasteiger partial charge < -0.3 is 0 Å². The summed E-state index contributed by atoms with van der Waals surface area (Å²) in [6, 6.07) is 0. The minimum Gasteiger partial charge on any atom is -0.198 e. The molecule has 0 unspecified atom stereocenters. The van der Waals surface area contributed by atoms with Gasteiger partial charge in [-0.15, -0.1) is 0 Å². The molecule has 0 aromatic rings. The zero-order valence-electron chi connectivity index (χ0n) is 8.64. The van der Waals surface area contributed by atoms with E-state index in [0.717, 1.165) is 5.57 Å². The molecule has 2 N–H and O–H groups in total. The summed E-state index contributed by atoms with van der Waals surface area (Å²) in [5.41, 5.74) is 0.320. The molecule has 0 aliphatic heterocycles. The summed E-state index contributed by atoms with van der Waals surface area (Å²) < 4.78 is 27.4. The van der Waals surface area contributed by atoms with Crippen molar-refractivity contribution in [3.05, 3.63) is 12.2 Å². The lowest BCUT2D eigenvalue weighted by molar-refractivity contribution is 0.485. The summed E-state index contributed by atoms with van der Waals surface area (Å²) in [6.45, 7) is 11.0. The fraction of sp³-hybridized carbons (Fsp3) is 0.750. The monoisotopic (exact) mass is 206 g/mol. The van der Waals surface area contributed by atoms with E-state index in [0.29, 0.717) is 0 Å². The Morgan fingerprint density at radius 2 is 1.85 bits per heavy atom. The summed E-state index contributed by atoms with van der Waals surface area (Å²) in [5.74, 6) is 0. The van der Waals surface area contributed by atoms with Crippen LogP contribution in [-0.2, 0) is 10.2 Å². The summed E-state index contributed by atoms with van der Waals surface area (Å²) >= 11 is 0. The van der Waals surface area contributed by atoms with Gasteiger partial charge in [-0.05, 0) is 27.7 Å². The normalized spacial score (nSPS) is 12.9. The highest BCUT2D eigenvalue weighted by atomic mass is 32.2. The van der Waals surface area contributed by atoms with Crippen molar-refractivity contribution in [3.63, 3.8) is 0 Å². The molecule has 0 saturated heterocycles. The lowest BCUT2D eigenvalue weighted by Gasteiger charge is -2.20. The van der Waals surface area contributed by atoms with Gasteiger partial charge in [0.05, 0.1) is 0 Å². The molecule has 0 aliphatic rings. The maximum Gasteiger partial charge on any atom is 0.277 e. The molecule has 78 valence electrons. The zero-order chi connectivity index (χ0) is 10.7. The van der Waals surface area contributed by atoms with E-state index in [1.807, 2.05) is 0 Å². The first-order chi connectivity index (χ1) is 5.62. The predicted molar refractivity (Wildman–Crippen MR) is 54.6 cm³/mol. The van der Waals surface area contributed by atoms with E-state index in [1.54, 1.807) is 27.7 Å². The lowest BCUT2D eigenvalue weighted by atomic mass is 10.1. The molecule has 0 amide bonds. The van der Waals surface area contributed by atoms with Crippen molar-refractivity contribution in [2.24, 2.45) is 0 Å². The van der Waals surface area contributed by atoms with Crippen molar-refractivity contribution >= 4 is 10.2 Å². The average Bonchev–Trinajstić information content (AvgIpc) is 1.78. The SMILES string of the molecule is C=C(C)CNS(=O)(=O)NC(C)(C)C. The minimum atomic E-state index is -3.40. The van der Waals surface area contributed by atoms with Crippen LogP contribution in [0.25, 0.3) is 0 Å². The van der Waals surface area contributed by atoms with Gasteiger partial charge in [0.25, 0.3) is 10.2 Å². The second kappa shape index (κ2) is 4.21. The molecule has 0 heterocycles. The molecule has 0 spiro atoms. The van der Waals surface area contributed by atoms with Crippen LogP contribution >= 0.6 is 0 Å². The highest BCUT2D eigenvalue weighted by Gasteiger charge is 2.18. The van der Waals surface area contributed by atoms with E-state index in [-0.39, 0.29) is 6.54 Å². The van der Waals surface area contributed by atoms with Gasteiger partial charge in [-0.3, -0.25) is 0 Å². The van der Waals surface area contributed by atoms with Crippen LogP contribution in [0.2, 0.25) is 0 Å². The van der Waals surface area contributed by atoms with Crippen LogP contribution in [0.1, 0.15) is 27.7 Å². The lowest BCUT2D eigenvalue weighted by Crippen LogP contribution is -2.47. The minimum absolute atomic E-state index is 0.269. The summed E-state index contributed by atoms with van der Waals surface area (Å²) in [7, 11) is -3.40. The van der Waals surface area contributed by atoms with Gasteiger partial charge in [-0.2, -0.15) is 17.9 Å². The first-order valence-electron chi connectivity index (χ1n) is 4.05. The van der Waals surface area contributed by atoms with Gasteiger partial charge in [0.15, 0.2) is 0 Å². The summed E-state index contributed by atoms with van der Waals surface area (Å²) in [6.07, 6.45) is 0. The number of hydrogen-bond donors (Lipinski definition) is 2. The second-order valence-corrected chi connectivity index (χ2v) is 5.63. The standard InChI is InChI=1S/C8H18N2O2S/c1-7(2)6-9-13(11,12)10-8(3,4)5/h9-10H,1,6H2,2-5H3. The van der Waals surface area contributed by atoms with Crippen LogP contribution in [0.15, 0.2) is 12.2 Å². The van der Waals surface area contributed by atoms with Crippen LogP contribution in [0.5, 0.6) is 0 Å². The van der Waals surface area contributed by atoms with Crippen LogP contribution < -0.4 is 9.44 Å². The Bertz CT molecular complexity index is 275. The fourth-order valence-electron chi connectivity index (χ4n) is 0.657. The molecule has 0 radical (unpaired) electrons.